The molecule has 3 aromatic heterocycles. The van der Waals surface area contributed by atoms with Gasteiger partial charge in [0.25, 0.3) is 11.8 Å². The summed E-state index contributed by atoms with van der Waals surface area (Å²) in [6, 6.07) is 7.32. The Bertz CT molecular complexity index is 1060. The largest absolute Gasteiger partial charge is 0.341 e. The molecule has 1 saturated heterocycles. The molecule has 2 amide bonds. The van der Waals surface area contributed by atoms with Gasteiger partial charge in [-0.1, -0.05) is 6.07 Å². The van der Waals surface area contributed by atoms with E-state index < -0.39 is 0 Å². The Labute approximate surface area is 176 Å². The lowest BCUT2D eigenvalue weighted by atomic mass is 9.74. The first-order valence-corrected chi connectivity index (χ1v) is 11.3. The Morgan fingerprint density at radius 2 is 2.07 bits per heavy atom. The molecule has 5 heterocycles. The van der Waals surface area contributed by atoms with Crippen molar-refractivity contribution in [1.29, 1.82) is 0 Å². The molecule has 0 aliphatic carbocycles. The molecule has 0 unspecified atom stereocenters. The number of likely N-dealkylation sites (tertiary alicyclic amines) is 1. The van der Waals surface area contributed by atoms with Crippen molar-refractivity contribution in [1.82, 2.24) is 25.0 Å². The van der Waals surface area contributed by atoms with Crippen molar-refractivity contribution in [3.63, 3.8) is 0 Å². The Kier molecular flexibility index (Phi) is 4.51. The second-order valence-corrected chi connectivity index (χ2v) is 9.96. The van der Waals surface area contributed by atoms with Crippen LogP contribution in [0.3, 0.4) is 0 Å². The van der Waals surface area contributed by atoms with Gasteiger partial charge in [-0.25, -0.2) is 9.67 Å². The van der Waals surface area contributed by atoms with Gasteiger partial charge in [-0.3, -0.25) is 9.59 Å². The van der Waals surface area contributed by atoms with Crippen LogP contribution in [0.4, 0.5) is 0 Å². The Balaban J connectivity index is 1.43. The van der Waals surface area contributed by atoms with Crippen molar-refractivity contribution in [3.05, 3.63) is 56.4 Å². The van der Waals surface area contributed by atoms with Gasteiger partial charge in [0.15, 0.2) is 0 Å². The Morgan fingerprint density at radius 3 is 2.83 bits per heavy atom. The fraction of sp³-hybridized carbons (Fsp3) is 0.400. The molecule has 2 atom stereocenters. The van der Waals surface area contributed by atoms with E-state index in [1.807, 2.05) is 46.2 Å². The maximum absolute atomic E-state index is 13.0. The number of carbonyl (C=O) groups excluding carboxylic acids is 2. The summed E-state index contributed by atoms with van der Waals surface area (Å²) in [6.45, 7) is 4.07. The van der Waals surface area contributed by atoms with Crippen LogP contribution in [0.15, 0.2) is 36.0 Å². The van der Waals surface area contributed by atoms with E-state index in [4.69, 9.17) is 0 Å². The van der Waals surface area contributed by atoms with Crippen LogP contribution in [0.5, 0.6) is 0 Å². The average molecular weight is 428 g/mol. The normalized spacial score (nSPS) is 23.3. The molecule has 1 fully saturated rings. The highest BCUT2D eigenvalue weighted by Gasteiger charge is 2.51. The van der Waals surface area contributed by atoms with Crippen molar-refractivity contribution in [2.45, 2.75) is 32.4 Å². The van der Waals surface area contributed by atoms with Crippen molar-refractivity contribution in [2.24, 2.45) is 5.41 Å². The summed E-state index contributed by atoms with van der Waals surface area (Å²) >= 11 is 2.95. The summed E-state index contributed by atoms with van der Waals surface area (Å²) < 4.78 is 1.87. The average Bonchev–Trinajstić information content (AvgIpc) is 3.51. The van der Waals surface area contributed by atoms with E-state index in [-0.39, 0.29) is 23.3 Å². The molecule has 3 aromatic rings. The molecule has 0 aromatic carbocycles. The summed E-state index contributed by atoms with van der Waals surface area (Å²) in [6.07, 6.45) is 3.24. The molecule has 2 aliphatic heterocycles. The summed E-state index contributed by atoms with van der Waals surface area (Å²) in [4.78, 5) is 34.8. The summed E-state index contributed by atoms with van der Waals surface area (Å²) in [7, 11) is 0. The van der Waals surface area contributed by atoms with Gasteiger partial charge in [0, 0.05) is 29.9 Å². The van der Waals surface area contributed by atoms with E-state index in [0.29, 0.717) is 18.0 Å². The number of hydrogen-bond donors (Lipinski definition) is 1. The van der Waals surface area contributed by atoms with Gasteiger partial charge >= 0.3 is 0 Å². The molecule has 0 bridgehead atoms. The molecule has 5 rings (SSSR count). The van der Waals surface area contributed by atoms with Crippen LogP contribution in [-0.4, -0.2) is 44.6 Å². The highest BCUT2D eigenvalue weighted by Crippen LogP contribution is 2.48. The zero-order valence-corrected chi connectivity index (χ0v) is 17.6. The summed E-state index contributed by atoms with van der Waals surface area (Å²) in [5.41, 5.74) is -0.224. The quantitative estimate of drug-likeness (QED) is 0.696. The van der Waals surface area contributed by atoms with E-state index in [2.05, 4.69) is 15.4 Å². The number of amides is 2. The molecule has 1 spiro atoms. The lowest BCUT2D eigenvalue weighted by Gasteiger charge is -2.40. The fourth-order valence-corrected chi connectivity index (χ4v) is 5.92. The maximum Gasteiger partial charge on any atom is 0.263 e. The van der Waals surface area contributed by atoms with Gasteiger partial charge in [0.1, 0.15) is 12.2 Å². The molecule has 0 radical (unpaired) electrons. The lowest BCUT2D eigenvalue weighted by molar-refractivity contribution is 0.0706. The van der Waals surface area contributed by atoms with Crippen LogP contribution in [0, 0.1) is 12.3 Å². The third-order valence-corrected chi connectivity index (χ3v) is 7.84. The molecule has 150 valence electrons. The lowest BCUT2D eigenvalue weighted by Crippen LogP contribution is -2.47. The molecule has 9 heteroatoms. The van der Waals surface area contributed by atoms with Gasteiger partial charge in [0.2, 0.25) is 0 Å². The molecule has 0 saturated carbocycles. The highest BCUT2D eigenvalue weighted by molar-refractivity contribution is 7.14. The van der Waals surface area contributed by atoms with Crippen molar-refractivity contribution >= 4 is 34.5 Å². The van der Waals surface area contributed by atoms with Gasteiger partial charge in [-0.05, 0) is 43.3 Å². The van der Waals surface area contributed by atoms with Crippen molar-refractivity contribution < 1.29 is 9.59 Å². The first-order valence-electron chi connectivity index (χ1n) is 9.63. The monoisotopic (exact) mass is 427 g/mol. The number of fused-ring (bicyclic) bond motifs is 1. The Morgan fingerprint density at radius 1 is 1.21 bits per heavy atom. The SMILES string of the molecule is Cc1ccc(C(=O)N2CC[C@]3(CCn4ncnc4[C@@H]3NC(=O)c3cccs3)C2)s1. The zero-order valence-electron chi connectivity index (χ0n) is 16.0. The first-order chi connectivity index (χ1) is 14.1. The maximum atomic E-state index is 13.0. The van der Waals surface area contributed by atoms with Crippen LogP contribution in [0.25, 0.3) is 0 Å². The van der Waals surface area contributed by atoms with E-state index in [1.165, 1.54) is 22.7 Å². The third-order valence-electron chi connectivity index (χ3n) is 5.98. The predicted molar refractivity (Wildman–Crippen MR) is 111 cm³/mol. The summed E-state index contributed by atoms with van der Waals surface area (Å²) in [5.74, 6) is 0.761. The van der Waals surface area contributed by atoms with Crippen molar-refractivity contribution in [2.75, 3.05) is 13.1 Å². The van der Waals surface area contributed by atoms with E-state index >= 15 is 0 Å². The second kappa shape index (κ2) is 7.07. The zero-order chi connectivity index (χ0) is 20.0. The van der Waals surface area contributed by atoms with E-state index in [0.717, 1.165) is 35.0 Å². The molecule has 2 aliphatic rings. The van der Waals surface area contributed by atoms with Gasteiger partial charge in [-0.2, -0.15) is 5.10 Å². The molecular formula is C20H21N5O2S2. The minimum absolute atomic E-state index is 0.0790. The molecule has 1 N–H and O–H groups in total. The number of rotatable bonds is 3. The van der Waals surface area contributed by atoms with Crippen molar-refractivity contribution in [3.8, 4) is 0 Å². The van der Waals surface area contributed by atoms with Crippen LogP contribution in [0.1, 0.15) is 48.9 Å². The van der Waals surface area contributed by atoms with Crippen LogP contribution in [0.2, 0.25) is 0 Å². The first kappa shape index (κ1) is 18.5. The number of aryl methyl sites for hydroxylation is 2. The standard InChI is InChI=1S/C20H21N5O2S2/c1-13-4-5-15(29-13)19(27)24-8-6-20(11-24)7-9-25-17(21-12-22-25)16(20)23-18(26)14-3-2-10-28-14/h2-5,10,12,16H,6-9,11H2,1H3,(H,23,26)/t16-,20-/m0/s1. The Hall–Kier alpha value is -2.52. The number of carbonyl (C=O) groups is 2. The van der Waals surface area contributed by atoms with E-state index in [9.17, 15) is 9.59 Å². The number of nitrogens with zero attached hydrogens (tertiary/aromatic N) is 4. The van der Waals surface area contributed by atoms with E-state index in [1.54, 1.807) is 6.33 Å². The van der Waals surface area contributed by atoms with Crippen LogP contribution in [-0.2, 0) is 6.54 Å². The number of thiophene rings is 2. The number of nitrogens with one attached hydrogen (secondary N) is 1. The molecule has 7 nitrogen and oxygen atoms in total. The molecule has 29 heavy (non-hydrogen) atoms. The summed E-state index contributed by atoms with van der Waals surface area (Å²) in [5, 5.41) is 9.42. The van der Waals surface area contributed by atoms with Gasteiger partial charge in [0.05, 0.1) is 15.8 Å². The topological polar surface area (TPSA) is 80.1 Å². The third kappa shape index (κ3) is 3.18. The number of aromatic nitrogens is 3. The molecular weight excluding hydrogens is 406 g/mol. The number of hydrogen-bond acceptors (Lipinski definition) is 6. The highest BCUT2D eigenvalue weighted by atomic mass is 32.1. The minimum atomic E-state index is -0.267. The van der Waals surface area contributed by atoms with Gasteiger partial charge < -0.3 is 10.2 Å². The van der Waals surface area contributed by atoms with Gasteiger partial charge in [-0.15, -0.1) is 22.7 Å². The smallest absolute Gasteiger partial charge is 0.263 e. The minimum Gasteiger partial charge on any atom is -0.341 e. The predicted octanol–water partition coefficient (Wildman–Crippen LogP) is 3.12. The second-order valence-electron chi connectivity index (χ2n) is 7.72. The van der Waals surface area contributed by atoms with Crippen LogP contribution < -0.4 is 5.32 Å². The fourth-order valence-electron chi connectivity index (χ4n) is 4.46. The van der Waals surface area contributed by atoms with Crippen LogP contribution >= 0.6 is 22.7 Å².